The number of aliphatic hydroxyl groups is 16. The molecule has 0 amide bonds. The van der Waals surface area contributed by atoms with E-state index >= 15 is 0 Å². The minimum absolute atomic E-state index is 0.00966. The van der Waals surface area contributed by atoms with Crippen molar-refractivity contribution in [3.63, 3.8) is 0 Å². The van der Waals surface area contributed by atoms with Crippen molar-refractivity contribution in [1.82, 2.24) is 0 Å². The summed E-state index contributed by atoms with van der Waals surface area (Å²) in [5.74, 6) is -0.474. The lowest BCUT2D eigenvalue weighted by atomic mass is 9.33. The molecule has 0 aromatic heterocycles. The molecule has 444 valence electrons. The Kier molecular flexibility index (Phi) is 17.1. The standard InChI is InChI=1S/C53H88O24/c1-48(2)14-22-21-8-9-28-50(5)12-11-30(74-47-41(76-45-38(67)35(64)32(61)24(16-54)71-45)40(34(63)26(18-56)73-47)75-44-37(66)31(60)23(58)19-70-44)49(3,4)27(50)10-13-51(28,6)52(21,7)15-29(59)53(22,20-57)42(69)43(48)77-46-39(68)36(65)33(62)25(17-55)72-46/h8,22-47,54-69H,9-20H2,1-7H3. The highest BCUT2D eigenvalue weighted by Gasteiger charge is 2.73. The summed E-state index contributed by atoms with van der Waals surface area (Å²) in [6, 6.07) is 0. The lowest BCUT2D eigenvalue weighted by Gasteiger charge is -2.72. The van der Waals surface area contributed by atoms with Gasteiger partial charge in [0.25, 0.3) is 0 Å². The minimum atomic E-state index is -1.92. The molecule has 8 fully saturated rings. The molecule has 9 rings (SSSR count). The normalized spacial score (nSPS) is 55.5. The summed E-state index contributed by atoms with van der Waals surface area (Å²) < 4.78 is 49.0. The van der Waals surface area contributed by atoms with Crippen LogP contribution in [0.3, 0.4) is 0 Å². The van der Waals surface area contributed by atoms with Gasteiger partial charge in [0, 0.05) is 0 Å². The Hall–Kier alpha value is -1.22. The van der Waals surface area contributed by atoms with Gasteiger partial charge in [-0.1, -0.05) is 60.1 Å². The lowest BCUT2D eigenvalue weighted by molar-refractivity contribution is -0.396. The monoisotopic (exact) mass is 1110 g/mol. The molecule has 16 N–H and O–H groups in total. The number of rotatable bonds is 12. The molecule has 30 atom stereocenters. The molecule has 30 unspecified atom stereocenters. The first kappa shape index (κ1) is 60.4. The van der Waals surface area contributed by atoms with E-state index in [0.717, 1.165) is 5.57 Å². The van der Waals surface area contributed by atoms with Crippen LogP contribution in [0.1, 0.15) is 93.4 Å². The Labute approximate surface area is 448 Å². The summed E-state index contributed by atoms with van der Waals surface area (Å²) in [6.45, 7) is 11.5. The van der Waals surface area contributed by atoms with Crippen LogP contribution in [0, 0.1) is 50.2 Å². The molecule has 4 saturated heterocycles. The minimum Gasteiger partial charge on any atom is -0.396 e. The predicted molar refractivity (Wildman–Crippen MR) is 261 cm³/mol. The molecule has 4 aliphatic heterocycles. The van der Waals surface area contributed by atoms with E-state index in [1.165, 1.54) is 0 Å². The zero-order valence-electron chi connectivity index (χ0n) is 45.0. The largest absolute Gasteiger partial charge is 0.396 e. The average molecular weight is 1110 g/mol. The molecule has 0 radical (unpaired) electrons. The second-order valence-corrected chi connectivity index (χ2v) is 26.1. The van der Waals surface area contributed by atoms with Crippen molar-refractivity contribution < 1.29 is 120 Å². The third-order valence-corrected chi connectivity index (χ3v) is 21.4. The third-order valence-electron chi connectivity index (χ3n) is 21.4. The van der Waals surface area contributed by atoms with E-state index in [-0.39, 0.29) is 23.7 Å². The van der Waals surface area contributed by atoms with E-state index in [0.29, 0.717) is 38.5 Å². The van der Waals surface area contributed by atoms with E-state index in [9.17, 15) is 81.7 Å². The van der Waals surface area contributed by atoms with Gasteiger partial charge < -0.3 is 120 Å². The summed E-state index contributed by atoms with van der Waals surface area (Å²) in [4.78, 5) is 0. The van der Waals surface area contributed by atoms with Crippen LogP contribution in [-0.4, -0.2) is 256 Å². The Morgan fingerprint density at radius 3 is 1.68 bits per heavy atom. The fraction of sp³-hybridized carbons (Fsp3) is 0.962. The van der Waals surface area contributed by atoms with Gasteiger partial charge in [-0.15, -0.1) is 0 Å². The summed E-state index contributed by atoms with van der Waals surface area (Å²) in [6.07, 6.45) is -29.7. The van der Waals surface area contributed by atoms with Crippen molar-refractivity contribution >= 4 is 0 Å². The smallest absolute Gasteiger partial charge is 0.187 e. The van der Waals surface area contributed by atoms with Crippen LogP contribution < -0.4 is 0 Å². The molecular formula is C53H88O24. The third kappa shape index (κ3) is 9.45. The van der Waals surface area contributed by atoms with Crippen LogP contribution in [0.4, 0.5) is 0 Å². The van der Waals surface area contributed by atoms with Gasteiger partial charge in [0.1, 0.15) is 91.6 Å². The first-order chi connectivity index (χ1) is 36.0. The summed E-state index contributed by atoms with van der Waals surface area (Å²) in [7, 11) is 0. The maximum Gasteiger partial charge on any atom is 0.187 e. The highest BCUT2D eigenvalue weighted by molar-refractivity contribution is 5.36. The van der Waals surface area contributed by atoms with Gasteiger partial charge in [-0.3, -0.25) is 0 Å². The fourth-order valence-electron chi connectivity index (χ4n) is 16.7. The fourth-order valence-corrected chi connectivity index (χ4v) is 16.7. The molecule has 0 aromatic carbocycles. The number of allylic oxidation sites excluding steroid dienone is 2. The van der Waals surface area contributed by atoms with E-state index in [2.05, 4.69) is 40.7 Å². The van der Waals surface area contributed by atoms with Gasteiger partial charge in [-0.2, -0.15) is 0 Å². The second-order valence-electron chi connectivity index (χ2n) is 26.1. The number of ether oxygens (including phenoxy) is 8. The van der Waals surface area contributed by atoms with Crippen LogP contribution in [-0.2, 0) is 37.9 Å². The second kappa shape index (κ2) is 21.8. The predicted octanol–water partition coefficient (Wildman–Crippen LogP) is -4.01. The van der Waals surface area contributed by atoms with E-state index in [4.69, 9.17) is 37.9 Å². The SMILES string of the molecule is CC1(C)CC2C3=CCC4C5(C)CCC(OC6OC(CO)C(O)C(OC7OCC(O)C(O)C7O)C6OC6OC(CO)C(O)C(O)C6O)C(C)(C)C5CCC4(C)C3(C)CC(O)C2(CO)C(O)C1OC1OC(CO)C(O)C(O)C1O. The maximum absolute atomic E-state index is 12.6. The van der Waals surface area contributed by atoms with E-state index in [1.807, 2.05) is 13.8 Å². The molecule has 0 aromatic rings. The molecule has 77 heavy (non-hydrogen) atoms. The molecule has 0 spiro atoms. The molecule has 4 saturated carbocycles. The number of aliphatic hydroxyl groups excluding tert-OH is 16. The Morgan fingerprint density at radius 1 is 0.545 bits per heavy atom. The molecule has 5 aliphatic carbocycles. The van der Waals surface area contributed by atoms with Crippen LogP contribution in [0.25, 0.3) is 0 Å². The maximum atomic E-state index is 12.6. The van der Waals surface area contributed by atoms with Gasteiger partial charge in [0.05, 0.1) is 62.9 Å². The number of hydrogen-bond acceptors (Lipinski definition) is 24. The van der Waals surface area contributed by atoms with Crippen molar-refractivity contribution in [1.29, 1.82) is 0 Å². The topological polar surface area (TPSA) is 398 Å². The Morgan fingerprint density at radius 2 is 1.09 bits per heavy atom. The van der Waals surface area contributed by atoms with Crippen molar-refractivity contribution in [2.24, 2.45) is 50.2 Å². The van der Waals surface area contributed by atoms with Gasteiger partial charge in [-0.25, -0.2) is 0 Å². The summed E-state index contributed by atoms with van der Waals surface area (Å²) in [5, 5.41) is 175. The zero-order valence-corrected chi connectivity index (χ0v) is 45.0. The number of hydrogen-bond donors (Lipinski definition) is 16. The van der Waals surface area contributed by atoms with E-state index in [1.54, 1.807) is 0 Å². The highest BCUT2D eigenvalue weighted by Crippen LogP contribution is 2.76. The van der Waals surface area contributed by atoms with Gasteiger partial charge in [0.15, 0.2) is 25.2 Å². The van der Waals surface area contributed by atoms with Crippen molar-refractivity contribution in [2.75, 3.05) is 33.0 Å². The van der Waals surface area contributed by atoms with Crippen LogP contribution >= 0.6 is 0 Å². The Bertz CT molecular complexity index is 2080. The van der Waals surface area contributed by atoms with Crippen molar-refractivity contribution in [2.45, 2.75) is 235 Å². The van der Waals surface area contributed by atoms with E-state index < -0.39 is 207 Å². The van der Waals surface area contributed by atoms with Crippen molar-refractivity contribution in [3.05, 3.63) is 11.6 Å². The van der Waals surface area contributed by atoms with Crippen LogP contribution in [0.5, 0.6) is 0 Å². The van der Waals surface area contributed by atoms with Gasteiger partial charge >= 0.3 is 0 Å². The molecule has 24 nitrogen and oxygen atoms in total. The molecular weight excluding hydrogens is 1020 g/mol. The lowest BCUT2D eigenvalue weighted by Crippen LogP contribution is -2.72. The Balaban J connectivity index is 0.991. The zero-order chi connectivity index (χ0) is 56.4. The molecule has 4 heterocycles. The van der Waals surface area contributed by atoms with Crippen LogP contribution in [0.15, 0.2) is 11.6 Å². The first-order valence-electron chi connectivity index (χ1n) is 27.5. The van der Waals surface area contributed by atoms with Crippen LogP contribution in [0.2, 0.25) is 0 Å². The number of fused-ring (bicyclic) bond motifs is 7. The van der Waals surface area contributed by atoms with Gasteiger partial charge in [-0.05, 0) is 89.8 Å². The first-order valence-corrected chi connectivity index (χ1v) is 27.5. The average Bonchev–Trinajstić information content (AvgIpc) is 3.46. The van der Waals surface area contributed by atoms with Gasteiger partial charge in [0.2, 0.25) is 0 Å². The molecule has 9 aliphatic rings. The quantitative estimate of drug-likeness (QED) is 0.0654. The summed E-state index contributed by atoms with van der Waals surface area (Å²) >= 11 is 0. The summed E-state index contributed by atoms with van der Waals surface area (Å²) in [5.41, 5.74) is -3.38. The highest BCUT2D eigenvalue weighted by atomic mass is 16.8. The molecule has 24 heteroatoms. The van der Waals surface area contributed by atoms with Crippen molar-refractivity contribution in [3.8, 4) is 0 Å². The molecule has 0 bridgehead atoms.